The van der Waals surface area contributed by atoms with E-state index in [1.165, 1.54) is 6.33 Å². The summed E-state index contributed by atoms with van der Waals surface area (Å²) in [5, 5.41) is 12.4. The molecule has 2 aromatic heterocycles. The lowest BCUT2D eigenvalue weighted by Gasteiger charge is -2.41. The Hall–Kier alpha value is -5.82. The molecule has 0 saturated carbocycles. The van der Waals surface area contributed by atoms with Gasteiger partial charge in [-0.15, -0.1) is 0 Å². The second-order valence-electron chi connectivity index (χ2n) is 16.1. The van der Waals surface area contributed by atoms with Crippen LogP contribution in [0.2, 0.25) is 0 Å². The molecule has 4 heterocycles. The summed E-state index contributed by atoms with van der Waals surface area (Å²) in [6.45, 7) is 8.65. The molecule has 15 nitrogen and oxygen atoms in total. The number of ether oxygens (including phenoxy) is 5. The second kappa shape index (κ2) is 19.5. The summed E-state index contributed by atoms with van der Waals surface area (Å²) in [5.41, 5.74) is 1.42. The third-order valence-corrected chi connectivity index (χ3v) is 13.6. The number of carbonyl (C=O) groups is 1. The number of aromatic nitrogens is 4. The molecule has 2 saturated heterocycles. The van der Waals surface area contributed by atoms with E-state index < -0.39 is 38.2 Å². The third-order valence-electron chi connectivity index (χ3n) is 11.4. The first kappa shape index (κ1) is 44.8. The monoisotopic (exact) mass is 885 g/mol. The fourth-order valence-electron chi connectivity index (χ4n) is 8.47. The molecule has 2 aliphatic rings. The van der Waals surface area contributed by atoms with Crippen molar-refractivity contribution in [2.75, 3.05) is 39.4 Å². The second-order valence-corrected chi connectivity index (χ2v) is 17.5. The summed E-state index contributed by atoms with van der Waals surface area (Å²) in [6, 6.07) is 36.9. The van der Waals surface area contributed by atoms with Gasteiger partial charge in [0.25, 0.3) is 14.4 Å². The van der Waals surface area contributed by atoms with Crippen LogP contribution in [0.4, 0.5) is 5.82 Å². The molecule has 64 heavy (non-hydrogen) atoms. The Morgan fingerprint density at radius 1 is 0.891 bits per heavy atom. The van der Waals surface area contributed by atoms with Crippen LogP contribution in [0.25, 0.3) is 11.2 Å². The van der Waals surface area contributed by atoms with E-state index >= 15 is 0 Å². The molecule has 0 radical (unpaired) electrons. The van der Waals surface area contributed by atoms with E-state index in [4.69, 9.17) is 37.7 Å². The van der Waals surface area contributed by atoms with Gasteiger partial charge in [-0.1, -0.05) is 72.8 Å². The quantitative estimate of drug-likeness (QED) is 0.0469. The van der Waals surface area contributed by atoms with Gasteiger partial charge in [0, 0.05) is 17.6 Å². The van der Waals surface area contributed by atoms with Crippen molar-refractivity contribution in [2.45, 2.75) is 75.8 Å². The molecule has 4 aromatic carbocycles. The molecule has 0 spiro atoms. The minimum Gasteiger partial charge on any atom is -0.497 e. The van der Waals surface area contributed by atoms with Crippen molar-refractivity contribution in [3.8, 4) is 17.6 Å². The predicted molar refractivity (Wildman–Crippen MR) is 241 cm³/mol. The number of amides is 1. The predicted octanol–water partition coefficient (Wildman–Crippen LogP) is 8.43. The molecule has 2 fully saturated rings. The SMILES string of the molecule is COc1ccc(C(OC[C@@]23CO[C@@H]([C@H](n4cnc5c(NC(=O)c6ccccc6)ncnc54)O2)[C@@H]3OP(OCCC#N)N(C(C)C)C(C)C)(c2ccccc2)c2ccc(OC)cc2)cc1. The summed E-state index contributed by atoms with van der Waals surface area (Å²) < 4.78 is 50.3. The average Bonchev–Trinajstić information content (AvgIpc) is 4.00. The van der Waals surface area contributed by atoms with Gasteiger partial charge in [0.15, 0.2) is 23.2 Å². The molecule has 1 unspecified atom stereocenters. The van der Waals surface area contributed by atoms with E-state index in [-0.39, 0.29) is 50.1 Å². The standard InChI is InChI=1S/C48H52N7O8P/c1-32(2)55(33(3)4)64(61-27-13-26-49)63-42-41-46(54-31-52-40-43(50-30-51-44(40)54)53-45(56)34-14-9-7-10-15-34)62-47(42,28-59-41)29-60-48(35-16-11-8-12-17-35,36-18-22-38(57-5)23-19-36)37-20-24-39(58-6)25-21-37/h7-12,14-25,30-33,41-42,46H,13,27-29H2,1-6H3,(H,50,51,53,56)/t41-,42+,46-,47-,64?/m1/s1. The number of carbonyl (C=O) groups excluding carboxylic acids is 1. The minimum absolute atomic E-state index is 0.0116. The smallest absolute Gasteiger partial charge is 0.259 e. The number of nitriles is 1. The zero-order chi connectivity index (χ0) is 44.8. The number of nitrogens with one attached hydrogen (secondary N) is 1. The van der Waals surface area contributed by atoms with Crippen molar-refractivity contribution >= 4 is 31.4 Å². The molecular weight excluding hydrogens is 834 g/mol. The number of imidazole rings is 1. The Morgan fingerprint density at radius 2 is 1.50 bits per heavy atom. The first-order chi connectivity index (χ1) is 31.1. The van der Waals surface area contributed by atoms with E-state index in [0.29, 0.717) is 28.2 Å². The van der Waals surface area contributed by atoms with Crippen molar-refractivity contribution in [3.05, 3.63) is 144 Å². The Bertz CT molecular complexity index is 2480. The Balaban J connectivity index is 1.23. The molecule has 5 atom stereocenters. The topological polar surface area (TPSA) is 164 Å². The summed E-state index contributed by atoms with van der Waals surface area (Å²) >= 11 is 0. The van der Waals surface area contributed by atoms with Crippen LogP contribution in [0.15, 0.2) is 122 Å². The zero-order valence-corrected chi connectivity index (χ0v) is 37.6. The number of hydrogen-bond donors (Lipinski definition) is 1. The maximum Gasteiger partial charge on any atom is 0.259 e. The fourth-order valence-corrected chi connectivity index (χ4v) is 10.3. The fraction of sp³-hybridized carbons (Fsp3) is 0.354. The molecule has 2 aliphatic heterocycles. The molecule has 1 N–H and O–H groups in total. The molecule has 16 heteroatoms. The van der Waals surface area contributed by atoms with Crippen LogP contribution >= 0.6 is 8.53 Å². The first-order valence-electron chi connectivity index (χ1n) is 21.2. The Morgan fingerprint density at radius 3 is 2.09 bits per heavy atom. The van der Waals surface area contributed by atoms with Gasteiger partial charge in [0.05, 0.1) is 52.9 Å². The van der Waals surface area contributed by atoms with Crippen molar-refractivity contribution in [1.82, 2.24) is 24.2 Å². The Kier molecular flexibility index (Phi) is 13.6. The van der Waals surface area contributed by atoms with E-state index in [2.05, 4.69) is 53.7 Å². The number of hydrogen-bond acceptors (Lipinski definition) is 13. The highest BCUT2D eigenvalue weighted by Gasteiger charge is 2.65. The van der Waals surface area contributed by atoms with E-state index in [9.17, 15) is 10.1 Å². The lowest BCUT2D eigenvalue weighted by Crippen LogP contribution is -2.49. The number of benzene rings is 4. The number of fused-ring (bicyclic) bond motifs is 3. The number of methoxy groups -OCH3 is 2. The van der Waals surface area contributed by atoms with Gasteiger partial charge in [-0.2, -0.15) is 5.26 Å². The highest BCUT2D eigenvalue weighted by atomic mass is 31.2. The summed E-state index contributed by atoms with van der Waals surface area (Å²) in [5.74, 6) is 1.31. The molecule has 8 rings (SSSR count). The highest BCUT2D eigenvalue weighted by molar-refractivity contribution is 7.44. The number of nitrogens with zero attached hydrogens (tertiary/aromatic N) is 6. The van der Waals surface area contributed by atoms with Crippen LogP contribution < -0.4 is 14.8 Å². The van der Waals surface area contributed by atoms with Crippen molar-refractivity contribution in [1.29, 1.82) is 5.26 Å². The number of anilines is 1. The van der Waals surface area contributed by atoms with Gasteiger partial charge in [-0.25, -0.2) is 19.6 Å². The van der Waals surface area contributed by atoms with Crippen molar-refractivity contribution in [3.63, 3.8) is 0 Å². The molecule has 2 bridgehead atoms. The van der Waals surface area contributed by atoms with Crippen molar-refractivity contribution < 1.29 is 37.5 Å². The molecule has 6 aromatic rings. The average molecular weight is 886 g/mol. The number of rotatable bonds is 19. The maximum absolute atomic E-state index is 13.3. The van der Waals surface area contributed by atoms with Crippen LogP contribution in [0.3, 0.4) is 0 Å². The van der Waals surface area contributed by atoms with E-state index in [1.807, 2.05) is 84.9 Å². The maximum atomic E-state index is 13.3. The zero-order valence-electron chi connectivity index (χ0n) is 36.7. The van der Waals surface area contributed by atoms with Crippen LogP contribution in [0, 0.1) is 11.3 Å². The van der Waals surface area contributed by atoms with Crippen molar-refractivity contribution in [2.24, 2.45) is 0 Å². The lowest BCUT2D eigenvalue weighted by molar-refractivity contribution is -0.202. The molecule has 1 amide bonds. The van der Waals surface area contributed by atoms with Crippen LogP contribution in [-0.2, 0) is 28.9 Å². The van der Waals surface area contributed by atoms with Gasteiger partial charge in [0.2, 0.25) is 0 Å². The van der Waals surface area contributed by atoms with Crippen LogP contribution in [0.5, 0.6) is 11.5 Å². The Labute approximate surface area is 374 Å². The van der Waals surface area contributed by atoms with Gasteiger partial charge in [0.1, 0.15) is 41.2 Å². The van der Waals surface area contributed by atoms with E-state index in [1.54, 1.807) is 49.4 Å². The van der Waals surface area contributed by atoms with Gasteiger partial charge >= 0.3 is 0 Å². The van der Waals surface area contributed by atoms with Gasteiger partial charge in [-0.05, 0) is 80.8 Å². The first-order valence-corrected chi connectivity index (χ1v) is 22.3. The van der Waals surface area contributed by atoms with Gasteiger partial charge in [-0.3, -0.25) is 9.36 Å². The highest BCUT2D eigenvalue weighted by Crippen LogP contribution is 2.56. The summed E-state index contributed by atoms with van der Waals surface area (Å²) in [4.78, 5) is 27.0. The van der Waals surface area contributed by atoms with Crippen LogP contribution in [0.1, 0.15) is 67.4 Å². The molecule has 332 valence electrons. The molecule has 0 aliphatic carbocycles. The van der Waals surface area contributed by atoms with Gasteiger partial charge < -0.3 is 38.0 Å². The van der Waals surface area contributed by atoms with E-state index in [0.717, 1.165) is 16.7 Å². The minimum atomic E-state index is -1.76. The molecular formula is C48H52N7O8P. The lowest BCUT2D eigenvalue weighted by atomic mass is 9.79. The van der Waals surface area contributed by atoms with Crippen LogP contribution in [-0.4, -0.2) is 94.0 Å². The summed E-state index contributed by atoms with van der Waals surface area (Å²) in [7, 11) is 1.52. The summed E-state index contributed by atoms with van der Waals surface area (Å²) in [6.07, 6.45) is 0.930. The largest absolute Gasteiger partial charge is 0.497 e. The normalized spacial score (nSPS) is 19.9. The third kappa shape index (κ3) is 8.71.